The van der Waals surface area contributed by atoms with E-state index < -0.39 is 11.4 Å². The molecular formula is C17H21N3O3. The van der Waals surface area contributed by atoms with E-state index in [2.05, 4.69) is 10.4 Å². The van der Waals surface area contributed by atoms with Gasteiger partial charge in [-0.05, 0) is 32.4 Å². The maximum absolute atomic E-state index is 12.1. The Kier molecular flexibility index (Phi) is 4.83. The largest absolute Gasteiger partial charge is 0.481 e. The molecule has 0 aliphatic carbocycles. The molecule has 0 radical (unpaired) electrons. The van der Waals surface area contributed by atoms with Crippen molar-refractivity contribution in [2.75, 3.05) is 6.54 Å². The van der Waals surface area contributed by atoms with Gasteiger partial charge >= 0.3 is 5.97 Å². The lowest BCUT2D eigenvalue weighted by Gasteiger charge is -2.25. The lowest BCUT2D eigenvalue weighted by atomic mass is 9.82. The van der Waals surface area contributed by atoms with Crippen molar-refractivity contribution >= 4 is 11.9 Å². The lowest BCUT2D eigenvalue weighted by Crippen LogP contribution is -2.45. The Morgan fingerprint density at radius 3 is 2.43 bits per heavy atom. The Balaban J connectivity index is 2.06. The Bertz CT molecular complexity index is 709. The molecular weight excluding hydrogens is 294 g/mol. The van der Waals surface area contributed by atoms with Crippen LogP contribution in [0.4, 0.5) is 0 Å². The maximum atomic E-state index is 12.1. The van der Waals surface area contributed by atoms with Crippen molar-refractivity contribution < 1.29 is 14.7 Å². The van der Waals surface area contributed by atoms with Crippen molar-refractivity contribution in [3.63, 3.8) is 0 Å². The average Bonchev–Trinajstić information content (AvgIpc) is 2.83. The summed E-state index contributed by atoms with van der Waals surface area (Å²) in [5, 5.41) is 16.5. The molecule has 1 aromatic heterocycles. The summed E-state index contributed by atoms with van der Waals surface area (Å²) in [7, 11) is 0. The van der Waals surface area contributed by atoms with Crippen molar-refractivity contribution in [3.8, 4) is 0 Å². The number of rotatable bonds is 6. The quantitative estimate of drug-likeness (QED) is 0.849. The fourth-order valence-corrected chi connectivity index (χ4v) is 2.41. The lowest BCUT2D eigenvalue weighted by molar-refractivity contribution is -0.143. The molecule has 1 unspecified atom stereocenters. The number of hydrogen-bond donors (Lipinski definition) is 2. The molecule has 2 N–H and O–H groups in total. The highest BCUT2D eigenvalue weighted by atomic mass is 16.4. The van der Waals surface area contributed by atoms with Gasteiger partial charge in [0.2, 0.25) is 5.91 Å². The first kappa shape index (κ1) is 16.7. The van der Waals surface area contributed by atoms with E-state index >= 15 is 0 Å². The highest BCUT2D eigenvalue weighted by Crippen LogP contribution is 2.23. The topological polar surface area (TPSA) is 84.2 Å². The normalized spacial score (nSPS) is 13.3. The fourth-order valence-electron chi connectivity index (χ4n) is 2.41. The van der Waals surface area contributed by atoms with Gasteiger partial charge in [0.1, 0.15) is 12.0 Å². The number of carboxylic acid groups (broad SMARTS) is 1. The number of aromatic nitrogens is 2. The Morgan fingerprint density at radius 1 is 1.26 bits per heavy atom. The third kappa shape index (κ3) is 3.77. The minimum Gasteiger partial charge on any atom is -0.481 e. The van der Waals surface area contributed by atoms with Crippen LogP contribution in [0.1, 0.15) is 23.9 Å². The van der Waals surface area contributed by atoms with E-state index in [4.69, 9.17) is 0 Å². The van der Waals surface area contributed by atoms with Crippen LogP contribution >= 0.6 is 0 Å². The van der Waals surface area contributed by atoms with Gasteiger partial charge in [-0.25, -0.2) is 0 Å². The molecule has 0 aliphatic heterocycles. The predicted molar refractivity (Wildman–Crippen MR) is 86.1 cm³/mol. The van der Waals surface area contributed by atoms with Gasteiger partial charge in [-0.2, -0.15) is 5.10 Å². The Morgan fingerprint density at radius 2 is 1.91 bits per heavy atom. The first-order chi connectivity index (χ1) is 10.8. The van der Waals surface area contributed by atoms with Crippen LogP contribution in [-0.4, -0.2) is 33.3 Å². The molecule has 1 heterocycles. The standard InChI is InChI=1S/C17H21N3O3/c1-12-9-13(2)20(19-12)10-15(21)18-11-17(3,16(22)23)14-7-5-4-6-8-14/h4-9H,10-11H2,1-3H3,(H,18,21)(H,22,23). The zero-order valence-electron chi connectivity index (χ0n) is 13.5. The Hall–Kier alpha value is -2.63. The van der Waals surface area contributed by atoms with E-state index in [0.29, 0.717) is 5.56 Å². The van der Waals surface area contributed by atoms with Gasteiger partial charge in [-0.1, -0.05) is 30.3 Å². The van der Waals surface area contributed by atoms with Crippen LogP contribution in [0.15, 0.2) is 36.4 Å². The number of aliphatic carboxylic acids is 1. The third-order valence-corrected chi connectivity index (χ3v) is 3.92. The van der Waals surface area contributed by atoms with Gasteiger partial charge in [-0.3, -0.25) is 14.3 Å². The van der Waals surface area contributed by atoms with Gasteiger partial charge < -0.3 is 10.4 Å². The second kappa shape index (κ2) is 6.64. The monoisotopic (exact) mass is 315 g/mol. The number of nitrogens with zero attached hydrogens (tertiary/aromatic N) is 2. The van der Waals surface area contributed by atoms with Crippen LogP contribution in [-0.2, 0) is 21.5 Å². The molecule has 0 bridgehead atoms. The molecule has 0 saturated heterocycles. The molecule has 1 aromatic carbocycles. The summed E-state index contributed by atoms with van der Waals surface area (Å²) in [5.74, 6) is -1.24. The van der Waals surface area contributed by atoms with Crippen LogP contribution in [0.5, 0.6) is 0 Å². The number of amides is 1. The van der Waals surface area contributed by atoms with Crippen LogP contribution in [0, 0.1) is 13.8 Å². The SMILES string of the molecule is Cc1cc(C)n(CC(=O)NCC(C)(C(=O)O)c2ccccc2)n1. The molecule has 0 spiro atoms. The molecule has 0 saturated carbocycles. The number of aryl methyl sites for hydroxylation is 2. The van der Waals surface area contributed by atoms with E-state index in [1.54, 1.807) is 35.9 Å². The minimum atomic E-state index is -1.17. The van der Waals surface area contributed by atoms with Crippen molar-refractivity contribution in [1.29, 1.82) is 0 Å². The molecule has 122 valence electrons. The maximum Gasteiger partial charge on any atom is 0.315 e. The average molecular weight is 315 g/mol. The Labute approximate surface area is 135 Å². The van der Waals surface area contributed by atoms with E-state index in [9.17, 15) is 14.7 Å². The van der Waals surface area contributed by atoms with Gasteiger partial charge in [0.05, 0.1) is 5.69 Å². The predicted octanol–water partition coefficient (Wildman–Crippen LogP) is 1.66. The first-order valence-electron chi connectivity index (χ1n) is 7.39. The summed E-state index contributed by atoms with van der Waals surface area (Å²) in [4.78, 5) is 23.8. The van der Waals surface area contributed by atoms with Gasteiger partial charge in [0, 0.05) is 12.2 Å². The molecule has 23 heavy (non-hydrogen) atoms. The minimum absolute atomic E-state index is 0.0183. The highest BCUT2D eigenvalue weighted by Gasteiger charge is 2.35. The second-order valence-electron chi connectivity index (χ2n) is 5.86. The van der Waals surface area contributed by atoms with Crippen molar-refractivity contribution in [3.05, 3.63) is 53.3 Å². The number of carbonyl (C=O) groups excluding carboxylic acids is 1. The van der Waals surface area contributed by atoms with E-state index in [1.807, 2.05) is 26.0 Å². The van der Waals surface area contributed by atoms with Crippen LogP contribution in [0.2, 0.25) is 0 Å². The first-order valence-corrected chi connectivity index (χ1v) is 7.39. The molecule has 1 amide bonds. The summed E-state index contributed by atoms with van der Waals surface area (Å²) in [6, 6.07) is 10.8. The molecule has 0 aliphatic rings. The molecule has 0 fully saturated rings. The zero-order valence-corrected chi connectivity index (χ0v) is 13.5. The smallest absolute Gasteiger partial charge is 0.315 e. The summed E-state index contributed by atoms with van der Waals surface area (Å²) in [5.41, 5.74) is 1.21. The highest BCUT2D eigenvalue weighted by molar-refractivity contribution is 5.83. The number of hydrogen-bond acceptors (Lipinski definition) is 3. The third-order valence-electron chi connectivity index (χ3n) is 3.92. The summed E-state index contributed by atoms with van der Waals surface area (Å²) < 4.78 is 1.60. The second-order valence-corrected chi connectivity index (χ2v) is 5.86. The van der Waals surface area contributed by atoms with Crippen LogP contribution < -0.4 is 5.32 Å². The van der Waals surface area contributed by atoms with E-state index in [-0.39, 0.29) is 19.0 Å². The van der Waals surface area contributed by atoms with Crippen molar-refractivity contribution in [2.24, 2.45) is 0 Å². The molecule has 6 heteroatoms. The van der Waals surface area contributed by atoms with Gasteiger partial charge in [-0.15, -0.1) is 0 Å². The fraction of sp³-hybridized carbons (Fsp3) is 0.353. The summed E-state index contributed by atoms with van der Waals surface area (Å²) in [6.45, 7) is 5.43. The zero-order chi connectivity index (χ0) is 17.0. The molecule has 1 atom stereocenters. The van der Waals surface area contributed by atoms with Gasteiger partial charge in [0.15, 0.2) is 0 Å². The van der Waals surface area contributed by atoms with E-state index in [0.717, 1.165) is 11.4 Å². The molecule has 2 rings (SSSR count). The summed E-state index contributed by atoms with van der Waals surface area (Å²) in [6.07, 6.45) is 0. The molecule has 6 nitrogen and oxygen atoms in total. The van der Waals surface area contributed by atoms with Crippen LogP contribution in [0.25, 0.3) is 0 Å². The van der Waals surface area contributed by atoms with Gasteiger partial charge in [0.25, 0.3) is 0 Å². The van der Waals surface area contributed by atoms with Crippen molar-refractivity contribution in [2.45, 2.75) is 32.7 Å². The number of carboxylic acids is 1. The summed E-state index contributed by atoms with van der Waals surface area (Å²) >= 11 is 0. The molecule has 2 aromatic rings. The van der Waals surface area contributed by atoms with E-state index in [1.165, 1.54) is 0 Å². The number of carbonyl (C=O) groups is 2. The number of benzene rings is 1. The number of nitrogens with one attached hydrogen (secondary N) is 1. The van der Waals surface area contributed by atoms with Crippen LogP contribution in [0.3, 0.4) is 0 Å². The van der Waals surface area contributed by atoms with Crippen molar-refractivity contribution in [1.82, 2.24) is 15.1 Å².